The SMILES string of the molecule is Cc1ncc2c(n1)C1(CCCN(c3cccc(C(=O)N(C)C)n3)C1)CC2. The molecular weight excluding hydrogens is 326 g/mol. The zero-order valence-corrected chi connectivity index (χ0v) is 15.7. The largest absolute Gasteiger partial charge is 0.356 e. The molecule has 0 N–H and O–H groups in total. The van der Waals surface area contributed by atoms with Crippen molar-refractivity contribution >= 4 is 11.7 Å². The Morgan fingerprint density at radius 2 is 2.08 bits per heavy atom. The zero-order valence-electron chi connectivity index (χ0n) is 15.7. The summed E-state index contributed by atoms with van der Waals surface area (Å²) in [5.41, 5.74) is 3.11. The van der Waals surface area contributed by atoms with Crippen molar-refractivity contribution in [3.05, 3.63) is 47.2 Å². The van der Waals surface area contributed by atoms with E-state index in [-0.39, 0.29) is 11.3 Å². The quantitative estimate of drug-likeness (QED) is 0.831. The topological polar surface area (TPSA) is 62.2 Å². The van der Waals surface area contributed by atoms with E-state index in [9.17, 15) is 4.79 Å². The molecule has 2 aromatic heterocycles. The highest BCUT2D eigenvalue weighted by Crippen LogP contribution is 2.44. The fourth-order valence-corrected chi connectivity index (χ4v) is 4.30. The van der Waals surface area contributed by atoms with Gasteiger partial charge in [0.2, 0.25) is 0 Å². The highest BCUT2D eigenvalue weighted by molar-refractivity contribution is 5.92. The molecule has 3 heterocycles. The fraction of sp³-hybridized carbons (Fsp3) is 0.500. The highest BCUT2D eigenvalue weighted by atomic mass is 16.2. The first-order chi connectivity index (χ1) is 12.5. The van der Waals surface area contributed by atoms with E-state index in [2.05, 4.69) is 14.9 Å². The molecule has 4 rings (SSSR count). The van der Waals surface area contributed by atoms with Gasteiger partial charge in [0.15, 0.2) is 0 Å². The van der Waals surface area contributed by atoms with Gasteiger partial charge in [-0.3, -0.25) is 4.79 Å². The van der Waals surface area contributed by atoms with Crippen LogP contribution in [-0.2, 0) is 11.8 Å². The van der Waals surface area contributed by atoms with Gasteiger partial charge >= 0.3 is 0 Å². The molecule has 0 radical (unpaired) electrons. The van der Waals surface area contributed by atoms with Gasteiger partial charge in [-0.1, -0.05) is 6.07 Å². The van der Waals surface area contributed by atoms with Crippen molar-refractivity contribution in [1.82, 2.24) is 19.9 Å². The van der Waals surface area contributed by atoms with Gasteiger partial charge in [-0.2, -0.15) is 0 Å². The summed E-state index contributed by atoms with van der Waals surface area (Å²) in [6.07, 6.45) is 6.43. The van der Waals surface area contributed by atoms with Gasteiger partial charge in [0.25, 0.3) is 5.91 Å². The number of hydrogen-bond acceptors (Lipinski definition) is 5. The number of carbonyl (C=O) groups excluding carboxylic acids is 1. The lowest BCUT2D eigenvalue weighted by Crippen LogP contribution is -2.46. The second-order valence-corrected chi connectivity index (χ2v) is 7.68. The van der Waals surface area contributed by atoms with Gasteiger partial charge in [-0.05, 0) is 50.3 Å². The molecule has 1 saturated heterocycles. The first-order valence-corrected chi connectivity index (χ1v) is 9.25. The Hall–Kier alpha value is -2.50. The Balaban J connectivity index is 1.64. The maximum Gasteiger partial charge on any atom is 0.272 e. The van der Waals surface area contributed by atoms with Gasteiger partial charge in [0, 0.05) is 38.8 Å². The molecule has 1 spiro atoms. The first kappa shape index (κ1) is 16.9. The standard InChI is InChI=1S/C20H25N5O/c1-14-21-12-15-8-10-20(18(15)22-14)9-5-11-25(13-20)17-7-4-6-16(23-17)19(26)24(2)3/h4,6-7,12H,5,8-11,13H2,1-3H3. The number of anilines is 1. The molecule has 1 amide bonds. The molecule has 0 bridgehead atoms. The van der Waals surface area contributed by atoms with Crippen molar-refractivity contribution in [2.75, 3.05) is 32.1 Å². The van der Waals surface area contributed by atoms with Gasteiger partial charge < -0.3 is 9.80 Å². The minimum Gasteiger partial charge on any atom is -0.356 e. The minimum atomic E-state index is -0.0619. The second kappa shape index (κ2) is 6.34. The maximum absolute atomic E-state index is 12.3. The molecular formula is C20H25N5O. The molecule has 0 aromatic carbocycles. The normalized spacial score (nSPS) is 21.7. The van der Waals surface area contributed by atoms with Crippen molar-refractivity contribution in [3.63, 3.8) is 0 Å². The number of pyridine rings is 1. The number of nitrogens with zero attached hydrogens (tertiary/aromatic N) is 5. The summed E-state index contributed by atoms with van der Waals surface area (Å²) >= 11 is 0. The number of rotatable bonds is 2. The zero-order chi connectivity index (χ0) is 18.3. The smallest absolute Gasteiger partial charge is 0.272 e. The number of hydrogen-bond donors (Lipinski definition) is 0. The molecule has 6 heteroatoms. The molecule has 0 saturated carbocycles. The molecule has 26 heavy (non-hydrogen) atoms. The summed E-state index contributed by atoms with van der Waals surface area (Å²) < 4.78 is 0. The Bertz CT molecular complexity index is 846. The van der Waals surface area contributed by atoms with Crippen LogP contribution in [0, 0.1) is 6.92 Å². The van der Waals surface area contributed by atoms with Crippen LogP contribution in [0.4, 0.5) is 5.82 Å². The lowest BCUT2D eigenvalue weighted by molar-refractivity contribution is 0.0822. The maximum atomic E-state index is 12.3. The van der Waals surface area contributed by atoms with E-state index in [4.69, 9.17) is 4.98 Å². The Morgan fingerprint density at radius 1 is 1.23 bits per heavy atom. The monoisotopic (exact) mass is 351 g/mol. The van der Waals surface area contributed by atoms with Gasteiger partial charge in [0.05, 0.1) is 5.69 Å². The van der Waals surface area contributed by atoms with Crippen LogP contribution in [0.15, 0.2) is 24.4 Å². The average Bonchev–Trinajstić information content (AvgIpc) is 2.98. The van der Waals surface area contributed by atoms with E-state index in [1.165, 1.54) is 11.3 Å². The van der Waals surface area contributed by atoms with Crippen LogP contribution in [0.2, 0.25) is 0 Å². The van der Waals surface area contributed by atoms with Crippen LogP contribution in [-0.4, -0.2) is 52.9 Å². The van der Waals surface area contributed by atoms with Crippen molar-refractivity contribution in [3.8, 4) is 0 Å². The summed E-state index contributed by atoms with van der Waals surface area (Å²) in [6, 6.07) is 5.72. The summed E-state index contributed by atoms with van der Waals surface area (Å²) in [7, 11) is 3.51. The summed E-state index contributed by atoms with van der Waals surface area (Å²) in [5, 5.41) is 0. The lowest BCUT2D eigenvalue weighted by Gasteiger charge is -2.41. The van der Waals surface area contributed by atoms with Crippen molar-refractivity contribution < 1.29 is 4.79 Å². The van der Waals surface area contributed by atoms with E-state index < -0.39 is 0 Å². The Labute approximate surface area is 154 Å². The molecule has 1 aliphatic heterocycles. The van der Waals surface area contributed by atoms with Gasteiger partial charge in [0.1, 0.15) is 17.3 Å². The van der Waals surface area contributed by atoms with E-state index >= 15 is 0 Å². The third-order valence-corrected chi connectivity index (χ3v) is 5.62. The van der Waals surface area contributed by atoms with Gasteiger partial charge in [-0.25, -0.2) is 15.0 Å². The highest BCUT2D eigenvalue weighted by Gasteiger charge is 2.44. The van der Waals surface area contributed by atoms with Crippen molar-refractivity contribution in [2.45, 2.75) is 38.0 Å². The van der Waals surface area contributed by atoms with E-state index in [1.807, 2.05) is 25.3 Å². The number of fused-ring (bicyclic) bond motifs is 2. The van der Waals surface area contributed by atoms with Crippen LogP contribution in [0.1, 0.15) is 46.8 Å². The number of aryl methyl sites for hydroxylation is 2. The predicted molar refractivity (Wildman–Crippen MR) is 100 cm³/mol. The van der Waals surface area contributed by atoms with Crippen LogP contribution in [0.5, 0.6) is 0 Å². The second-order valence-electron chi connectivity index (χ2n) is 7.68. The van der Waals surface area contributed by atoms with E-state index in [0.29, 0.717) is 5.69 Å². The molecule has 6 nitrogen and oxygen atoms in total. The van der Waals surface area contributed by atoms with Crippen LogP contribution in [0.3, 0.4) is 0 Å². The summed E-state index contributed by atoms with van der Waals surface area (Å²) in [5.74, 6) is 1.67. The molecule has 1 aliphatic carbocycles. The van der Waals surface area contributed by atoms with E-state index in [1.54, 1.807) is 25.1 Å². The van der Waals surface area contributed by atoms with Gasteiger partial charge in [-0.15, -0.1) is 0 Å². The number of aromatic nitrogens is 3. The van der Waals surface area contributed by atoms with Crippen LogP contribution >= 0.6 is 0 Å². The third-order valence-electron chi connectivity index (χ3n) is 5.62. The number of carbonyl (C=O) groups is 1. The third kappa shape index (κ3) is 2.83. The molecule has 1 unspecified atom stereocenters. The molecule has 136 valence electrons. The first-order valence-electron chi connectivity index (χ1n) is 9.25. The Morgan fingerprint density at radius 3 is 2.88 bits per heavy atom. The summed E-state index contributed by atoms with van der Waals surface area (Å²) in [6.45, 7) is 3.83. The molecule has 2 aromatic rings. The van der Waals surface area contributed by atoms with Crippen LogP contribution < -0.4 is 4.90 Å². The van der Waals surface area contributed by atoms with Crippen molar-refractivity contribution in [1.29, 1.82) is 0 Å². The van der Waals surface area contributed by atoms with E-state index in [0.717, 1.165) is 50.4 Å². The molecule has 1 fully saturated rings. The number of amides is 1. The predicted octanol–water partition coefficient (Wildman–Crippen LogP) is 2.37. The Kier molecular flexibility index (Phi) is 4.13. The molecule has 2 aliphatic rings. The summed E-state index contributed by atoms with van der Waals surface area (Å²) in [4.78, 5) is 30.0. The van der Waals surface area contributed by atoms with Crippen molar-refractivity contribution in [2.24, 2.45) is 0 Å². The lowest BCUT2D eigenvalue weighted by atomic mass is 9.77. The number of piperidine rings is 1. The average molecular weight is 351 g/mol. The minimum absolute atomic E-state index is 0.0619. The molecule has 1 atom stereocenters. The van der Waals surface area contributed by atoms with Crippen LogP contribution in [0.25, 0.3) is 0 Å². The fourth-order valence-electron chi connectivity index (χ4n) is 4.30.